The minimum absolute atomic E-state index is 0.201. The van der Waals surface area contributed by atoms with Gasteiger partial charge in [0.1, 0.15) is 0 Å². The Bertz CT molecular complexity index is 608. The second-order valence-electron chi connectivity index (χ2n) is 6.28. The largest absolute Gasteiger partial charge is 0.396 e. The average molecular weight is 330 g/mol. The molecule has 1 aromatic carbocycles. The van der Waals surface area contributed by atoms with Gasteiger partial charge in [0.05, 0.1) is 29.7 Å². The van der Waals surface area contributed by atoms with Gasteiger partial charge in [-0.25, -0.2) is 4.68 Å². The summed E-state index contributed by atoms with van der Waals surface area (Å²) in [5, 5.41) is 17.4. The Morgan fingerprint density at radius 3 is 2.71 bits per heavy atom. The first-order valence-corrected chi connectivity index (χ1v) is 8.72. The molecule has 1 N–H and O–H groups in total. The zero-order valence-corrected chi connectivity index (χ0v) is 14.2. The second kappa shape index (κ2) is 8.37. The molecule has 0 amide bonds. The molecule has 130 valence electrons. The van der Waals surface area contributed by atoms with Crippen molar-refractivity contribution in [2.45, 2.75) is 38.3 Å². The van der Waals surface area contributed by atoms with E-state index in [0.717, 1.165) is 43.7 Å². The summed E-state index contributed by atoms with van der Waals surface area (Å²) in [6.45, 7) is 5.05. The molecule has 0 saturated carbocycles. The van der Waals surface area contributed by atoms with Crippen LogP contribution >= 0.6 is 0 Å². The van der Waals surface area contributed by atoms with Crippen LogP contribution in [0.25, 0.3) is 5.69 Å². The molecule has 1 aromatic heterocycles. The van der Waals surface area contributed by atoms with E-state index in [2.05, 4.69) is 22.1 Å². The zero-order chi connectivity index (χ0) is 16.8. The number of aliphatic hydroxyl groups is 1. The molecule has 1 fully saturated rings. The summed E-state index contributed by atoms with van der Waals surface area (Å²) in [5.74, 6) is 0. The molecular formula is C18H26N4O2. The van der Waals surface area contributed by atoms with Gasteiger partial charge < -0.3 is 9.84 Å². The van der Waals surface area contributed by atoms with Crippen LogP contribution in [0.1, 0.15) is 37.9 Å². The molecule has 2 aromatic rings. The van der Waals surface area contributed by atoms with Crippen LogP contribution in [0.15, 0.2) is 36.5 Å². The number of para-hydroxylation sites is 1. The van der Waals surface area contributed by atoms with Crippen molar-refractivity contribution in [1.82, 2.24) is 19.9 Å². The highest BCUT2D eigenvalue weighted by Crippen LogP contribution is 2.24. The average Bonchev–Trinajstić information content (AvgIpc) is 3.13. The van der Waals surface area contributed by atoms with Crippen LogP contribution in [0.4, 0.5) is 0 Å². The predicted octanol–water partition coefficient (Wildman–Crippen LogP) is 2.19. The first-order chi connectivity index (χ1) is 11.8. The number of piperidine rings is 1. The quantitative estimate of drug-likeness (QED) is 0.789. The van der Waals surface area contributed by atoms with Gasteiger partial charge in [-0.3, -0.25) is 4.90 Å². The summed E-state index contributed by atoms with van der Waals surface area (Å²) in [4.78, 5) is 2.44. The molecular weight excluding hydrogens is 304 g/mol. The zero-order valence-electron chi connectivity index (χ0n) is 14.2. The van der Waals surface area contributed by atoms with Crippen molar-refractivity contribution in [3.8, 4) is 5.69 Å². The number of likely N-dealkylation sites (tertiary alicyclic amines) is 1. The highest BCUT2D eigenvalue weighted by molar-refractivity contribution is 5.30. The Labute approximate surface area is 143 Å². The van der Waals surface area contributed by atoms with Gasteiger partial charge in [0.2, 0.25) is 0 Å². The fraction of sp³-hybridized carbons (Fsp3) is 0.556. The van der Waals surface area contributed by atoms with Crippen molar-refractivity contribution in [1.29, 1.82) is 0 Å². The summed E-state index contributed by atoms with van der Waals surface area (Å²) in [6, 6.07) is 10.3. The van der Waals surface area contributed by atoms with Gasteiger partial charge in [-0.2, -0.15) is 0 Å². The SMILES string of the molecule is C[C@@H](c1cn(-c2ccccc2)nn1)N1CCC(OCCCO)CC1. The first-order valence-electron chi connectivity index (χ1n) is 8.72. The maximum absolute atomic E-state index is 8.82. The van der Waals surface area contributed by atoms with Gasteiger partial charge in [-0.15, -0.1) is 5.10 Å². The lowest BCUT2D eigenvalue weighted by Crippen LogP contribution is -2.38. The van der Waals surface area contributed by atoms with Crippen LogP contribution < -0.4 is 0 Å². The third-order valence-electron chi connectivity index (χ3n) is 4.64. The van der Waals surface area contributed by atoms with Crippen molar-refractivity contribution in [2.24, 2.45) is 0 Å². The standard InChI is InChI=1S/C18H26N4O2/c1-15(21-10-8-17(9-11-21)24-13-5-12-23)18-14-22(20-19-18)16-6-3-2-4-7-16/h2-4,6-7,14-15,17,23H,5,8-13H2,1H3/t15-/m0/s1. The molecule has 0 aliphatic carbocycles. The van der Waals surface area contributed by atoms with E-state index in [1.165, 1.54) is 0 Å². The molecule has 6 nitrogen and oxygen atoms in total. The van der Waals surface area contributed by atoms with Gasteiger partial charge in [-0.1, -0.05) is 23.4 Å². The molecule has 0 radical (unpaired) electrons. The Morgan fingerprint density at radius 1 is 1.25 bits per heavy atom. The molecule has 0 unspecified atom stereocenters. The lowest BCUT2D eigenvalue weighted by atomic mass is 10.0. The number of nitrogens with zero attached hydrogens (tertiary/aromatic N) is 4. The van der Waals surface area contributed by atoms with Crippen molar-refractivity contribution >= 4 is 0 Å². The van der Waals surface area contributed by atoms with Crippen molar-refractivity contribution in [3.63, 3.8) is 0 Å². The number of aliphatic hydroxyl groups excluding tert-OH is 1. The van der Waals surface area contributed by atoms with Crippen molar-refractivity contribution < 1.29 is 9.84 Å². The minimum atomic E-state index is 0.201. The fourth-order valence-corrected chi connectivity index (χ4v) is 3.11. The Hall–Kier alpha value is -1.76. The Morgan fingerprint density at radius 2 is 2.00 bits per heavy atom. The summed E-state index contributed by atoms with van der Waals surface area (Å²) >= 11 is 0. The lowest BCUT2D eigenvalue weighted by molar-refractivity contribution is -0.00545. The van der Waals surface area contributed by atoms with Crippen LogP contribution in [-0.2, 0) is 4.74 Å². The summed E-state index contributed by atoms with van der Waals surface area (Å²) in [6.07, 6.45) is 5.12. The number of rotatable bonds is 7. The van der Waals surface area contributed by atoms with E-state index in [4.69, 9.17) is 9.84 Å². The number of aromatic nitrogens is 3. The molecule has 0 spiro atoms. The number of hydrogen-bond donors (Lipinski definition) is 1. The summed E-state index contributed by atoms with van der Waals surface area (Å²) in [7, 11) is 0. The monoisotopic (exact) mass is 330 g/mol. The molecule has 0 bridgehead atoms. The smallest absolute Gasteiger partial charge is 0.1000 e. The van der Waals surface area contributed by atoms with E-state index in [-0.39, 0.29) is 12.6 Å². The van der Waals surface area contributed by atoms with Crippen LogP contribution in [0.3, 0.4) is 0 Å². The molecule has 2 heterocycles. The van der Waals surface area contributed by atoms with E-state index < -0.39 is 0 Å². The van der Waals surface area contributed by atoms with Gasteiger partial charge in [0.15, 0.2) is 0 Å². The fourth-order valence-electron chi connectivity index (χ4n) is 3.11. The van der Waals surface area contributed by atoms with Crippen LogP contribution in [0.2, 0.25) is 0 Å². The molecule has 6 heteroatoms. The topological polar surface area (TPSA) is 63.4 Å². The second-order valence-corrected chi connectivity index (χ2v) is 6.28. The number of benzene rings is 1. The third-order valence-corrected chi connectivity index (χ3v) is 4.64. The number of hydrogen-bond acceptors (Lipinski definition) is 5. The molecule has 1 atom stereocenters. The van der Waals surface area contributed by atoms with Gasteiger partial charge >= 0.3 is 0 Å². The summed E-state index contributed by atoms with van der Waals surface area (Å²) < 4.78 is 7.63. The first kappa shape index (κ1) is 17.1. The van der Waals surface area contributed by atoms with Crippen LogP contribution in [-0.4, -0.2) is 57.4 Å². The highest BCUT2D eigenvalue weighted by atomic mass is 16.5. The summed E-state index contributed by atoms with van der Waals surface area (Å²) in [5.41, 5.74) is 2.03. The Balaban J connectivity index is 1.54. The van der Waals surface area contributed by atoms with Gasteiger partial charge in [-0.05, 0) is 38.3 Å². The van der Waals surface area contributed by atoms with E-state index in [1.807, 2.05) is 41.2 Å². The molecule has 1 aliphatic heterocycles. The third kappa shape index (κ3) is 4.20. The van der Waals surface area contributed by atoms with E-state index in [0.29, 0.717) is 12.7 Å². The van der Waals surface area contributed by atoms with Crippen molar-refractivity contribution in [2.75, 3.05) is 26.3 Å². The van der Waals surface area contributed by atoms with Crippen LogP contribution in [0.5, 0.6) is 0 Å². The molecule has 1 aliphatic rings. The molecule has 24 heavy (non-hydrogen) atoms. The highest BCUT2D eigenvalue weighted by Gasteiger charge is 2.25. The normalized spacial score (nSPS) is 17.9. The molecule has 3 rings (SSSR count). The van der Waals surface area contributed by atoms with Crippen LogP contribution in [0, 0.1) is 0 Å². The van der Waals surface area contributed by atoms with E-state index in [1.54, 1.807) is 0 Å². The maximum Gasteiger partial charge on any atom is 0.1000 e. The van der Waals surface area contributed by atoms with E-state index >= 15 is 0 Å². The Kier molecular flexibility index (Phi) is 5.96. The van der Waals surface area contributed by atoms with E-state index in [9.17, 15) is 0 Å². The minimum Gasteiger partial charge on any atom is -0.396 e. The van der Waals surface area contributed by atoms with Crippen molar-refractivity contribution in [3.05, 3.63) is 42.2 Å². The number of ether oxygens (including phenoxy) is 1. The lowest BCUT2D eigenvalue weighted by Gasteiger charge is -2.35. The predicted molar refractivity (Wildman–Crippen MR) is 92.0 cm³/mol. The maximum atomic E-state index is 8.82. The van der Waals surface area contributed by atoms with Gasteiger partial charge in [0, 0.05) is 26.3 Å². The molecule has 1 saturated heterocycles. The van der Waals surface area contributed by atoms with Gasteiger partial charge in [0.25, 0.3) is 0 Å².